The number of piperidine rings is 1. The first-order valence-electron chi connectivity index (χ1n) is 17.1. The fourth-order valence-corrected chi connectivity index (χ4v) is 10.5. The first-order chi connectivity index (χ1) is 20.2. The van der Waals surface area contributed by atoms with E-state index in [0.717, 1.165) is 51.5 Å². The van der Waals surface area contributed by atoms with Crippen molar-refractivity contribution >= 4 is 11.9 Å². The third-order valence-electron chi connectivity index (χ3n) is 12.7. The van der Waals surface area contributed by atoms with Crippen molar-refractivity contribution < 1.29 is 34.2 Å². The zero-order valence-electron chi connectivity index (χ0n) is 26.1. The van der Waals surface area contributed by atoms with E-state index in [1.165, 1.54) is 25.7 Å². The minimum absolute atomic E-state index is 0.00588. The summed E-state index contributed by atoms with van der Waals surface area (Å²) in [6.45, 7) is 7.05. The van der Waals surface area contributed by atoms with Gasteiger partial charge in [0.1, 0.15) is 23.5 Å². The van der Waals surface area contributed by atoms with E-state index in [0.29, 0.717) is 53.9 Å². The van der Waals surface area contributed by atoms with Gasteiger partial charge in [-0.25, -0.2) is 4.79 Å². The van der Waals surface area contributed by atoms with Crippen LogP contribution in [0.25, 0.3) is 0 Å². The van der Waals surface area contributed by atoms with E-state index in [2.05, 4.69) is 12.2 Å². The van der Waals surface area contributed by atoms with E-state index in [9.17, 15) is 14.7 Å². The number of aliphatic hydroxyl groups is 1. The molecule has 0 aromatic heterocycles. The summed E-state index contributed by atoms with van der Waals surface area (Å²) in [4.78, 5) is 26.4. The van der Waals surface area contributed by atoms with Gasteiger partial charge < -0.3 is 24.6 Å². The van der Waals surface area contributed by atoms with Crippen molar-refractivity contribution in [3.63, 3.8) is 0 Å². The lowest BCUT2D eigenvalue weighted by Gasteiger charge is -2.61. The molecule has 0 amide bonds. The highest BCUT2D eigenvalue weighted by Gasteiger charge is 2.70. The van der Waals surface area contributed by atoms with E-state index in [1.807, 2.05) is 19.9 Å². The number of esters is 2. The number of hydrogen-bond donors (Lipinski definition) is 3. The third-order valence-corrected chi connectivity index (χ3v) is 12.7. The fourth-order valence-electron chi connectivity index (χ4n) is 10.5. The number of carbonyl (C=O) groups excluding carboxylic acids is 2. The molecule has 1 spiro atoms. The molecule has 0 aromatic rings. The van der Waals surface area contributed by atoms with Gasteiger partial charge in [-0.3, -0.25) is 10.5 Å². The maximum Gasteiger partial charge on any atom is 0.334 e. The van der Waals surface area contributed by atoms with E-state index >= 15 is 0 Å². The molecule has 5 N–H and O–H groups in total. The largest absolute Gasteiger partial charge is 0.462 e. The van der Waals surface area contributed by atoms with Gasteiger partial charge in [-0.2, -0.15) is 0 Å². The highest BCUT2D eigenvalue weighted by molar-refractivity contribution is 5.88. The SMILES string of the molecule is CC=C(C)C(=O)OC1(C)CC2CCCCC2C(C2CCC(N)[NH2+]C2)C12CC1CC3CC(CCCO)C(=O)OC3CC1O2. The highest BCUT2D eigenvalue weighted by Crippen LogP contribution is 2.64. The molecular formula is C34H55N2O6+. The Morgan fingerprint density at radius 1 is 1.07 bits per heavy atom. The summed E-state index contributed by atoms with van der Waals surface area (Å²) in [5, 5.41) is 11.7. The Morgan fingerprint density at radius 3 is 2.62 bits per heavy atom. The van der Waals surface area contributed by atoms with Crippen LogP contribution in [-0.4, -0.2) is 59.8 Å². The molecule has 3 aliphatic carbocycles. The molecule has 6 fully saturated rings. The number of carbonyl (C=O) groups is 2. The van der Waals surface area contributed by atoms with Crippen molar-refractivity contribution in [3.8, 4) is 0 Å². The summed E-state index contributed by atoms with van der Waals surface area (Å²) in [7, 11) is 0. The molecule has 3 saturated carbocycles. The Labute approximate surface area is 251 Å². The van der Waals surface area contributed by atoms with Gasteiger partial charge >= 0.3 is 11.9 Å². The Hall–Kier alpha value is -1.48. The number of quaternary nitrogens is 1. The zero-order valence-corrected chi connectivity index (χ0v) is 26.1. The number of rotatable bonds is 6. The van der Waals surface area contributed by atoms with Crippen LogP contribution >= 0.6 is 0 Å². The molecule has 0 aromatic carbocycles. The molecule has 3 heterocycles. The van der Waals surface area contributed by atoms with Crippen LogP contribution in [0.1, 0.15) is 104 Å². The summed E-state index contributed by atoms with van der Waals surface area (Å²) in [5.41, 5.74) is 5.74. The van der Waals surface area contributed by atoms with E-state index < -0.39 is 11.2 Å². The number of hydrogen-bond acceptors (Lipinski definition) is 7. The lowest BCUT2D eigenvalue weighted by atomic mass is 9.49. The molecule has 236 valence electrons. The van der Waals surface area contributed by atoms with Gasteiger partial charge in [-0.15, -0.1) is 0 Å². The van der Waals surface area contributed by atoms with Crippen molar-refractivity contribution in [1.29, 1.82) is 0 Å². The molecule has 3 saturated heterocycles. The summed E-state index contributed by atoms with van der Waals surface area (Å²) >= 11 is 0. The van der Waals surface area contributed by atoms with Gasteiger partial charge in [0, 0.05) is 36.9 Å². The van der Waals surface area contributed by atoms with Gasteiger partial charge in [0.2, 0.25) is 0 Å². The second-order valence-corrected chi connectivity index (χ2v) is 15.0. The molecule has 12 atom stereocenters. The van der Waals surface area contributed by atoms with Crippen molar-refractivity contribution in [1.82, 2.24) is 0 Å². The second-order valence-electron chi connectivity index (χ2n) is 15.0. The van der Waals surface area contributed by atoms with Gasteiger partial charge in [-0.05, 0) is 95.8 Å². The molecular weight excluding hydrogens is 532 g/mol. The quantitative estimate of drug-likeness (QED) is 0.320. The molecule has 6 aliphatic rings. The maximum absolute atomic E-state index is 13.5. The Balaban J connectivity index is 1.35. The van der Waals surface area contributed by atoms with Gasteiger partial charge in [0.15, 0.2) is 0 Å². The first kappa shape index (κ1) is 30.5. The first-order valence-corrected chi connectivity index (χ1v) is 17.1. The molecule has 3 aliphatic heterocycles. The van der Waals surface area contributed by atoms with Crippen LogP contribution in [-0.2, 0) is 23.8 Å². The molecule has 8 nitrogen and oxygen atoms in total. The smallest absolute Gasteiger partial charge is 0.334 e. The predicted molar refractivity (Wildman–Crippen MR) is 158 cm³/mol. The van der Waals surface area contributed by atoms with E-state index in [4.69, 9.17) is 19.9 Å². The monoisotopic (exact) mass is 587 g/mol. The van der Waals surface area contributed by atoms with Crippen LogP contribution in [0.4, 0.5) is 0 Å². The average Bonchev–Trinajstić information content (AvgIpc) is 3.35. The van der Waals surface area contributed by atoms with Crippen LogP contribution in [0.5, 0.6) is 0 Å². The Morgan fingerprint density at radius 2 is 1.88 bits per heavy atom. The highest BCUT2D eigenvalue weighted by atomic mass is 16.6. The minimum Gasteiger partial charge on any atom is -0.462 e. The van der Waals surface area contributed by atoms with Crippen LogP contribution in [0.15, 0.2) is 11.6 Å². The van der Waals surface area contributed by atoms with Gasteiger partial charge in [-0.1, -0.05) is 25.3 Å². The van der Waals surface area contributed by atoms with Crippen LogP contribution < -0.4 is 11.1 Å². The average molecular weight is 588 g/mol. The van der Waals surface area contributed by atoms with Crippen molar-refractivity contribution in [2.75, 3.05) is 13.2 Å². The van der Waals surface area contributed by atoms with E-state index in [-0.39, 0.29) is 42.8 Å². The van der Waals surface area contributed by atoms with Crippen molar-refractivity contribution in [2.24, 2.45) is 47.2 Å². The predicted octanol–water partition coefficient (Wildman–Crippen LogP) is 3.60. The summed E-state index contributed by atoms with van der Waals surface area (Å²) in [5.74, 6) is 2.14. The van der Waals surface area contributed by atoms with Crippen LogP contribution in [0, 0.1) is 41.4 Å². The number of ether oxygens (including phenoxy) is 3. The summed E-state index contributed by atoms with van der Waals surface area (Å²) < 4.78 is 20.2. The van der Waals surface area contributed by atoms with Crippen molar-refractivity contribution in [3.05, 3.63) is 11.6 Å². The third kappa shape index (κ3) is 5.37. The summed E-state index contributed by atoms with van der Waals surface area (Å²) in [6.07, 6.45) is 14.6. The maximum atomic E-state index is 13.5. The number of aliphatic hydroxyl groups excluding tert-OH is 1. The molecule has 0 radical (unpaired) electrons. The fraction of sp³-hybridized carbons (Fsp3) is 0.882. The molecule has 12 unspecified atom stereocenters. The van der Waals surface area contributed by atoms with Crippen LogP contribution in [0.3, 0.4) is 0 Å². The Bertz CT molecular complexity index is 1040. The lowest BCUT2D eigenvalue weighted by Crippen LogP contribution is -2.96. The van der Waals surface area contributed by atoms with Crippen LogP contribution in [0.2, 0.25) is 0 Å². The standard InChI is InChI=1S/C34H54N2O6/c1-4-20(2)31(38)42-33(3)17-22-8-5-6-10-26(22)30(23-11-12-29(35)36-19-23)34(33)18-25-15-24-14-21(9-7-13-37)32(39)40-27(24)16-28(25)41-34/h4,21-30,36-37H,5-19,35H2,1-3H3/p+1. The number of nitrogens with two attached hydrogens (primary N) is 2. The molecule has 42 heavy (non-hydrogen) atoms. The van der Waals surface area contributed by atoms with Crippen molar-refractivity contribution in [2.45, 2.75) is 134 Å². The molecule has 8 heteroatoms. The number of fused-ring (bicyclic) bond motifs is 3. The van der Waals surface area contributed by atoms with E-state index in [1.54, 1.807) is 0 Å². The molecule has 0 bridgehead atoms. The Kier molecular flexibility index (Phi) is 8.82. The lowest BCUT2D eigenvalue weighted by molar-refractivity contribution is -0.704. The van der Waals surface area contributed by atoms with Gasteiger partial charge in [0.25, 0.3) is 0 Å². The number of allylic oxidation sites excluding steroid dienone is 1. The zero-order chi connectivity index (χ0) is 29.6. The second kappa shape index (κ2) is 12.1. The summed E-state index contributed by atoms with van der Waals surface area (Å²) in [6, 6.07) is 0. The normalized spacial score (nSPS) is 47.3. The van der Waals surface area contributed by atoms with Gasteiger partial charge in [0.05, 0.1) is 18.6 Å². The molecule has 6 rings (SSSR count). The minimum atomic E-state index is -0.722. The topological polar surface area (TPSA) is 125 Å².